The van der Waals surface area contributed by atoms with Crippen molar-refractivity contribution >= 4 is 5.97 Å². The Labute approximate surface area is 125 Å². The lowest BCUT2D eigenvalue weighted by Gasteiger charge is -2.41. The first-order valence-electron chi connectivity index (χ1n) is 7.13. The maximum absolute atomic E-state index is 11.0. The molecule has 1 aliphatic heterocycles. The van der Waals surface area contributed by atoms with Gasteiger partial charge in [0.05, 0.1) is 20.1 Å². The van der Waals surface area contributed by atoms with E-state index in [9.17, 15) is 4.79 Å². The number of hydrogen-bond donors (Lipinski definition) is 1. The molecule has 2 rings (SSSR count). The average Bonchev–Trinajstić information content (AvgIpc) is 2.42. The number of benzene rings is 1. The fourth-order valence-corrected chi connectivity index (χ4v) is 2.69. The lowest BCUT2D eigenvalue weighted by Crippen LogP contribution is -2.50. The summed E-state index contributed by atoms with van der Waals surface area (Å²) in [5, 5.41) is 9.01. The third-order valence-electron chi connectivity index (χ3n) is 4.32. The molecule has 21 heavy (non-hydrogen) atoms. The van der Waals surface area contributed by atoms with E-state index in [1.165, 1.54) is 5.56 Å². The van der Waals surface area contributed by atoms with Crippen LogP contribution < -0.4 is 9.47 Å². The number of hydrogen-bond acceptors (Lipinski definition) is 4. The van der Waals surface area contributed by atoms with E-state index in [1.807, 2.05) is 12.1 Å². The monoisotopic (exact) mass is 293 g/mol. The normalized spacial score (nSPS) is 17.1. The number of carboxylic acids is 1. The van der Waals surface area contributed by atoms with Gasteiger partial charge in [0.25, 0.3) is 0 Å². The number of carboxylic acid groups (broad SMARTS) is 1. The smallest absolute Gasteiger partial charge is 0.306 e. The molecule has 0 aliphatic carbocycles. The summed E-state index contributed by atoms with van der Waals surface area (Å²) in [6.45, 7) is 6.32. The molecule has 1 aliphatic rings. The second-order valence-corrected chi connectivity index (χ2v) is 5.71. The van der Waals surface area contributed by atoms with Crippen molar-refractivity contribution in [3.8, 4) is 11.5 Å². The summed E-state index contributed by atoms with van der Waals surface area (Å²) in [5.41, 5.74) is 2.34. The van der Waals surface area contributed by atoms with E-state index in [0.717, 1.165) is 36.7 Å². The van der Waals surface area contributed by atoms with Gasteiger partial charge in [-0.1, -0.05) is 6.92 Å². The number of nitrogens with zero attached hydrogens (tertiary/aromatic N) is 1. The molecule has 0 radical (unpaired) electrons. The first kappa shape index (κ1) is 15.6. The van der Waals surface area contributed by atoms with Gasteiger partial charge in [0, 0.05) is 19.6 Å². The zero-order valence-electron chi connectivity index (χ0n) is 13.0. The molecule has 1 unspecified atom stereocenters. The van der Waals surface area contributed by atoms with Crippen molar-refractivity contribution in [1.82, 2.24) is 4.90 Å². The summed E-state index contributed by atoms with van der Waals surface area (Å²) in [6.07, 6.45) is 0. The highest BCUT2D eigenvalue weighted by Gasteiger charge is 2.34. The van der Waals surface area contributed by atoms with Gasteiger partial charge in [0.1, 0.15) is 0 Å². The van der Waals surface area contributed by atoms with Crippen molar-refractivity contribution in [2.45, 2.75) is 20.4 Å². The number of aliphatic carboxylic acids is 1. The molecule has 0 spiro atoms. The van der Waals surface area contributed by atoms with Crippen molar-refractivity contribution in [1.29, 1.82) is 0 Å². The Morgan fingerprint density at radius 3 is 2.43 bits per heavy atom. The highest BCUT2D eigenvalue weighted by molar-refractivity contribution is 5.70. The summed E-state index contributed by atoms with van der Waals surface area (Å²) in [4.78, 5) is 13.2. The van der Waals surface area contributed by atoms with Crippen molar-refractivity contribution in [2.24, 2.45) is 11.8 Å². The standard InChI is InChI=1S/C16H23NO4/c1-10-5-14(20-3)15(21-4)6-12(10)7-17-8-13(9-17)11(2)16(18)19/h5-6,11,13H,7-9H2,1-4H3,(H,18,19). The van der Waals surface area contributed by atoms with Gasteiger partial charge in [-0.3, -0.25) is 9.69 Å². The van der Waals surface area contributed by atoms with Gasteiger partial charge < -0.3 is 14.6 Å². The minimum absolute atomic E-state index is 0.253. The second kappa shape index (κ2) is 6.35. The topological polar surface area (TPSA) is 59.0 Å². The molecule has 5 heteroatoms. The number of carbonyl (C=O) groups is 1. The van der Waals surface area contributed by atoms with Crippen LogP contribution in [0.4, 0.5) is 0 Å². The summed E-state index contributed by atoms with van der Waals surface area (Å²) in [5.74, 6) is 0.742. The fourth-order valence-electron chi connectivity index (χ4n) is 2.69. The van der Waals surface area contributed by atoms with Crippen LogP contribution in [-0.2, 0) is 11.3 Å². The van der Waals surface area contributed by atoms with Crippen LogP contribution in [-0.4, -0.2) is 43.3 Å². The van der Waals surface area contributed by atoms with Gasteiger partial charge in [-0.2, -0.15) is 0 Å². The molecule has 1 aromatic carbocycles. The lowest BCUT2D eigenvalue weighted by atomic mass is 9.86. The molecule has 1 atom stereocenters. The maximum atomic E-state index is 11.0. The van der Waals surface area contributed by atoms with Crippen LogP contribution in [0.2, 0.25) is 0 Å². The Morgan fingerprint density at radius 2 is 1.90 bits per heavy atom. The molecule has 1 heterocycles. The molecule has 1 aromatic rings. The Bertz CT molecular complexity index is 523. The summed E-state index contributed by atoms with van der Waals surface area (Å²) < 4.78 is 10.6. The number of likely N-dealkylation sites (tertiary alicyclic amines) is 1. The van der Waals surface area contributed by atoms with Crippen LogP contribution in [0.3, 0.4) is 0 Å². The Kier molecular flexibility index (Phi) is 4.73. The first-order chi connectivity index (χ1) is 9.96. The van der Waals surface area contributed by atoms with Gasteiger partial charge >= 0.3 is 5.97 Å². The molecule has 5 nitrogen and oxygen atoms in total. The van der Waals surface area contributed by atoms with Crippen molar-refractivity contribution in [3.05, 3.63) is 23.3 Å². The van der Waals surface area contributed by atoms with E-state index in [2.05, 4.69) is 11.8 Å². The third kappa shape index (κ3) is 3.29. The van der Waals surface area contributed by atoms with E-state index in [0.29, 0.717) is 0 Å². The Hall–Kier alpha value is -1.75. The van der Waals surface area contributed by atoms with Gasteiger partial charge in [0.15, 0.2) is 11.5 Å². The highest BCUT2D eigenvalue weighted by Crippen LogP contribution is 2.32. The van der Waals surface area contributed by atoms with Crippen LogP contribution in [0.25, 0.3) is 0 Å². The quantitative estimate of drug-likeness (QED) is 0.871. The number of aryl methyl sites for hydroxylation is 1. The number of rotatable bonds is 6. The van der Waals surface area contributed by atoms with E-state index >= 15 is 0 Å². The van der Waals surface area contributed by atoms with Crippen molar-refractivity contribution in [3.63, 3.8) is 0 Å². The molecule has 0 aromatic heterocycles. The zero-order chi connectivity index (χ0) is 15.6. The van der Waals surface area contributed by atoms with Crippen LogP contribution in [0.1, 0.15) is 18.1 Å². The van der Waals surface area contributed by atoms with E-state index in [1.54, 1.807) is 21.1 Å². The highest BCUT2D eigenvalue weighted by atomic mass is 16.5. The van der Waals surface area contributed by atoms with E-state index in [4.69, 9.17) is 14.6 Å². The molecule has 0 amide bonds. The van der Waals surface area contributed by atoms with Crippen LogP contribution in [0.15, 0.2) is 12.1 Å². The Morgan fingerprint density at radius 1 is 1.33 bits per heavy atom. The predicted molar refractivity (Wildman–Crippen MR) is 79.8 cm³/mol. The number of methoxy groups -OCH3 is 2. The van der Waals surface area contributed by atoms with Crippen LogP contribution in [0, 0.1) is 18.8 Å². The molecule has 1 N–H and O–H groups in total. The fraction of sp³-hybridized carbons (Fsp3) is 0.562. The lowest BCUT2D eigenvalue weighted by molar-refractivity contribution is -0.145. The average molecular weight is 293 g/mol. The van der Waals surface area contributed by atoms with Crippen molar-refractivity contribution in [2.75, 3.05) is 27.3 Å². The SMILES string of the molecule is COc1cc(C)c(CN2CC(C(C)C(=O)O)C2)cc1OC. The van der Waals surface area contributed by atoms with Gasteiger partial charge in [0.2, 0.25) is 0 Å². The van der Waals surface area contributed by atoms with Crippen LogP contribution in [0.5, 0.6) is 11.5 Å². The van der Waals surface area contributed by atoms with Crippen molar-refractivity contribution < 1.29 is 19.4 Å². The minimum Gasteiger partial charge on any atom is -0.493 e. The third-order valence-corrected chi connectivity index (χ3v) is 4.32. The summed E-state index contributed by atoms with van der Waals surface area (Å²) >= 11 is 0. The molecule has 0 bridgehead atoms. The van der Waals surface area contributed by atoms with Crippen LogP contribution >= 0.6 is 0 Å². The molecule has 1 saturated heterocycles. The molecular weight excluding hydrogens is 270 g/mol. The van der Waals surface area contributed by atoms with E-state index in [-0.39, 0.29) is 11.8 Å². The molecular formula is C16H23NO4. The molecule has 116 valence electrons. The van der Waals surface area contributed by atoms with Gasteiger partial charge in [-0.15, -0.1) is 0 Å². The van der Waals surface area contributed by atoms with E-state index < -0.39 is 5.97 Å². The zero-order valence-corrected chi connectivity index (χ0v) is 13.0. The van der Waals surface area contributed by atoms with Gasteiger partial charge in [-0.25, -0.2) is 0 Å². The summed E-state index contributed by atoms with van der Waals surface area (Å²) in [7, 11) is 3.26. The number of ether oxygens (including phenoxy) is 2. The maximum Gasteiger partial charge on any atom is 0.306 e. The molecule has 0 saturated carbocycles. The summed E-state index contributed by atoms with van der Waals surface area (Å²) in [6, 6.07) is 3.98. The largest absolute Gasteiger partial charge is 0.493 e. The first-order valence-corrected chi connectivity index (χ1v) is 7.13. The molecule has 1 fully saturated rings. The minimum atomic E-state index is -0.707. The van der Waals surface area contributed by atoms with Gasteiger partial charge in [-0.05, 0) is 36.1 Å². The Balaban J connectivity index is 2.00. The second-order valence-electron chi connectivity index (χ2n) is 5.71. The predicted octanol–water partition coefficient (Wildman–Crippen LogP) is 2.16.